The van der Waals surface area contributed by atoms with Gasteiger partial charge in [-0.15, -0.1) is 0 Å². The predicted octanol–water partition coefficient (Wildman–Crippen LogP) is 4.11. The van der Waals surface area contributed by atoms with E-state index in [1.54, 1.807) is 11.8 Å². The van der Waals surface area contributed by atoms with Crippen molar-refractivity contribution in [3.8, 4) is 11.6 Å². The number of benzene rings is 2. The predicted molar refractivity (Wildman–Crippen MR) is 91.3 cm³/mol. The average molecular weight is 326 g/mol. The first kappa shape index (κ1) is 15.5. The second-order valence-corrected chi connectivity index (χ2v) is 6.24. The summed E-state index contributed by atoms with van der Waals surface area (Å²) < 4.78 is 6.78. The molecule has 0 spiro atoms. The van der Waals surface area contributed by atoms with E-state index in [0.29, 0.717) is 6.54 Å². The Morgan fingerprint density at radius 3 is 2.43 bits per heavy atom. The fraction of sp³-hybridized carbons (Fsp3) is 0.167. The van der Waals surface area contributed by atoms with Crippen molar-refractivity contribution in [2.24, 2.45) is 0 Å². The van der Waals surface area contributed by atoms with Crippen molar-refractivity contribution in [1.82, 2.24) is 9.78 Å². The van der Waals surface area contributed by atoms with Gasteiger partial charge in [0.1, 0.15) is 5.75 Å². The van der Waals surface area contributed by atoms with E-state index in [1.165, 1.54) is 11.8 Å². The second kappa shape index (κ2) is 6.79. The third-order valence-electron chi connectivity index (χ3n) is 3.50. The van der Waals surface area contributed by atoms with Gasteiger partial charge in [0.2, 0.25) is 5.88 Å². The van der Waals surface area contributed by atoms with Crippen LogP contribution in [0.2, 0.25) is 0 Å². The van der Waals surface area contributed by atoms with Crippen molar-refractivity contribution in [1.29, 1.82) is 0 Å². The maximum absolute atomic E-state index is 10.5. The minimum atomic E-state index is 0.201. The van der Waals surface area contributed by atoms with Crippen molar-refractivity contribution in [2.45, 2.75) is 23.3 Å². The van der Waals surface area contributed by atoms with Gasteiger partial charge in [0, 0.05) is 4.90 Å². The Kier molecular flexibility index (Phi) is 4.57. The van der Waals surface area contributed by atoms with Crippen LogP contribution in [0.3, 0.4) is 0 Å². The summed E-state index contributed by atoms with van der Waals surface area (Å²) in [6.45, 7) is 2.43. The molecule has 1 N–H and O–H groups in total. The van der Waals surface area contributed by atoms with Gasteiger partial charge in [-0.1, -0.05) is 42.1 Å². The van der Waals surface area contributed by atoms with Crippen molar-refractivity contribution in [3.05, 3.63) is 65.9 Å². The summed E-state index contributed by atoms with van der Waals surface area (Å²) in [5.41, 5.74) is 1.88. The molecule has 2 aromatic carbocycles. The molecule has 0 aliphatic rings. The van der Waals surface area contributed by atoms with Crippen LogP contribution in [0.1, 0.15) is 11.3 Å². The molecule has 1 heterocycles. The molecule has 1 aromatic heterocycles. The summed E-state index contributed by atoms with van der Waals surface area (Å²) in [5, 5.41) is 14.9. The summed E-state index contributed by atoms with van der Waals surface area (Å²) in [6, 6.07) is 17.7. The Hall–Kier alpha value is -2.40. The average Bonchev–Trinajstić information content (AvgIpc) is 2.84. The zero-order chi connectivity index (χ0) is 16.2. The number of aromatic hydroxyl groups is 1. The van der Waals surface area contributed by atoms with Crippen molar-refractivity contribution in [3.63, 3.8) is 0 Å². The molecule has 3 rings (SSSR count). The highest BCUT2D eigenvalue weighted by molar-refractivity contribution is 7.99. The van der Waals surface area contributed by atoms with Crippen LogP contribution >= 0.6 is 11.8 Å². The first-order chi connectivity index (χ1) is 11.2. The molecule has 5 heteroatoms. The molecular formula is C18H18N2O2S. The van der Waals surface area contributed by atoms with Crippen LogP contribution in [0.25, 0.3) is 0 Å². The number of nitrogens with zero attached hydrogens (tertiary/aromatic N) is 2. The Morgan fingerprint density at radius 1 is 1.09 bits per heavy atom. The minimum Gasteiger partial charge on any atom is -0.497 e. The lowest BCUT2D eigenvalue weighted by Gasteiger charge is -2.05. The number of hydrogen-bond donors (Lipinski definition) is 1. The van der Waals surface area contributed by atoms with Crippen LogP contribution in [-0.4, -0.2) is 22.0 Å². The number of rotatable bonds is 5. The summed E-state index contributed by atoms with van der Waals surface area (Å²) in [6.07, 6.45) is 0. The highest BCUT2D eigenvalue weighted by Gasteiger charge is 2.15. The lowest BCUT2D eigenvalue weighted by Crippen LogP contribution is -2.01. The highest BCUT2D eigenvalue weighted by Crippen LogP contribution is 2.37. The first-order valence-electron chi connectivity index (χ1n) is 7.29. The molecule has 4 nitrogen and oxygen atoms in total. The summed E-state index contributed by atoms with van der Waals surface area (Å²) in [5.74, 6) is 1.02. The first-order valence-corrected chi connectivity index (χ1v) is 8.11. The topological polar surface area (TPSA) is 47.3 Å². The van der Waals surface area contributed by atoms with Crippen LogP contribution in [-0.2, 0) is 6.54 Å². The SMILES string of the molecule is COc1ccc(Cn2nc(C)c(Sc3ccccc3)c2O)cc1. The zero-order valence-electron chi connectivity index (χ0n) is 13.1. The molecule has 23 heavy (non-hydrogen) atoms. The van der Waals surface area contributed by atoms with E-state index in [0.717, 1.165) is 26.8 Å². The van der Waals surface area contributed by atoms with Gasteiger partial charge in [-0.25, -0.2) is 4.68 Å². The number of methoxy groups -OCH3 is 1. The molecule has 0 radical (unpaired) electrons. The number of aryl methyl sites for hydroxylation is 1. The van der Waals surface area contributed by atoms with Crippen LogP contribution < -0.4 is 4.74 Å². The quantitative estimate of drug-likeness (QED) is 0.766. The van der Waals surface area contributed by atoms with Gasteiger partial charge < -0.3 is 9.84 Å². The van der Waals surface area contributed by atoms with Gasteiger partial charge in [0.05, 0.1) is 24.2 Å². The molecule has 0 atom stereocenters. The van der Waals surface area contributed by atoms with Crippen LogP contribution in [0, 0.1) is 6.92 Å². The van der Waals surface area contributed by atoms with Crippen LogP contribution in [0.15, 0.2) is 64.4 Å². The van der Waals surface area contributed by atoms with Gasteiger partial charge >= 0.3 is 0 Å². The largest absolute Gasteiger partial charge is 0.497 e. The lowest BCUT2D eigenvalue weighted by atomic mass is 10.2. The molecule has 0 saturated carbocycles. The smallest absolute Gasteiger partial charge is 0.224 e. The summed E-state index contributed by atoms with van der Waals surface area (Å²) in [7, 11) is 1.64. The third kappa shape index (κ3) is 3.51. The van der Waals surface area contributed by atoms with Gasteiger partial charge in [-0.2, -0.15) is 5.10 Å². The normalized spacial score (nSPS) is 10.7. The zero-order valence-corrected chi connectivity index (χ0v) is 13.9. The summed E-state index contributed by atoms with van der Waals surface area (Å²) >= 11 is 1.52. The van der Waals surface area contributed by atoms with E-state index < -0.39 is 0 Å². The molecule has 118 valence electrons. The van der Waals surface area contributed by atoms with Gasteiger partial charge in [0.25, 0.3) is 0 Å². The highest BCUT2D eigenvalue weighted by atomic mass is 32.2. The minimum absolute atomic E-state index is 0.201. The Morgan fingerprint density at radius 2 is 1.78 bits per heavy atom. The molecule has 0 fully saturated rings. The van der Waals surface area contributed by atoms with Crippen molar-refractivity contribution < 1.29 is 9.84 Å². The molecule has 3 aromatic rings. The molecule has 0 amide bonds. The maximum Gasteiger partial charge on any atom is 0.224 e. The van der Waals surface area contributed by atoms with E-state index in [2.05, 4.69) is 5.10 Å². The number of aromatic nitrogens is 2. The molecule has 0 bridgehead atoms. The molecule has 0 unspecified atom stereocenters. The summed E-state index contributed by atoms with van der Waals surface area (Å²) in [4.78, 5) is 1.87. The molecule has 0 aliphatic carbocycles. The van der Waals surface area contributed by atoms with Gasteiger partial charge in [-0.05, 0) is 36.8 Å². The molecular weight excluding hydrogens is 308 g/mol. The van der Waals surface area contributed by atoms with Crippen LogP contribution in [0.5, 0.6) is 11.6 Å². The molecule has 0 saturated heterocycles. The van der Waals surface area contributed by atoms with Crippen molar-refractivity contribution in [2.75, 3.05) is 7.11 Å². The van der Waals surface area contributed by atoms with Gasteiger partial charge in [-0.3, -0.25) is 0 Å². The lowest BCUT2D eigenvalue weighted by molar-refractivity contribution is 0.399. The number of hydrogen-bond acceptors (Lipinski definition) is 4. The van der Waals surface area contributed by atoms with Crippen molar-refractivity contribution >= 4 is 11.8 Å². The molecule has 0 aliphatic heterocycles. The Bertz CT molecular complexity index is 783. The van der Waals surface area contributed by atoms with E-state index in [4.69, 9.17) is 4.74 Å². The van der Waals surface area contributed by atoms with E-state index in [1.807, 2.05) is 61.5 Å². The van der Waals surface area contributed by atoms with E-state index in [-0.39, 0.29) is 5.88 Å². The maximum atomic E-state index is 10.5. The second-order valence-electron chi connectivity index (χ2n) is 5.16. The van der Waals surface area contributed by atoms with E-state index in [9.17, 15) is 5.11 Å². The monoisotopic (exact) mass is 326 g/mol. The Balaban J connectivity index is 1.82. The van der Waals surface area contributed by atoms with Gasteiger partial charge in [0.15, 0.2) is 0 Å². The fourth-order valence-corrected chi connectivity index (χ4v) is 3.21. The Labute approximate surface area is 139 Å². The third-order valence-corrected chi connectivity index (χ3v) is 4.69. The van der Waals surface area contributed by atoms with Crippen LogP contribution in [0.4, 0.5) is 0 Å². The number of ether oxygens (including phenoxy) is 1. The van der Waals surface area contributed by atoms with E-state index >= 15 is 0 Å². The standard InChI is InChI=1S/C18H18N2O2S/c1-13-17(23-16-6-4-3-5-7-16)18(21)20(19-13)12-14-8-10-15(22-2)11-9-14/h3-11,21H,12H2,1-2H3. The fourth-order valence-electron chi connectivity index (χ4n) is 2.29.